The minimum Gasteiger partial charge on any atom is -0.377 e. The molecule has 0 bridgehead atoms. The monoisotopic (exact) mass is 427 g/mol. The zero-order valence-electron chi connectivity index (χ0n) is 17.4. The number of halogens is 1. The summed E-state index contributed by atoms with van der Waals surface area (Å²) in [5, 5.41) is 4.78. The van der Waals surface area contributed by atoms with Crippen molar-refractivity contribution in [3.8, 4) is 0 Å². The van der Waals surface area contributed by atoms with Gasteiger partial charge in [-0.25, -0.2) is 4.98 Å². The number of hydrogen-bond acceptors (Lipinski definition) is 6. The van der Waals surface area contributed by atoms with Crippen LogP contribution in [0, 0.1) is 5.92 Å². The number of aromatic amines is 1. The van der Waals surface area contributed by atoms with E-state index in [1.807, 2.05) is 25.1 Å². The average Bonchev–Trinajstić information content (AvgIpc) is 2.73. The molecule has 1 fully saturated rings. The fourth-order valence-corrected chi connectivity index (χ4v) is 4.01. The molecule has 0 radical (unpaired) electrons. The number of H-pyrrole nitrogens is 1. The van der Waals surface area contributed by atoms with Crippen LogP contribution in [0.2, 0.25) is 5.02 Å². The molecule has 1 aliphatic heterocycles. The third kappa shape index (κ3) is 4.27. The van der Waals surface area contributed by atoms with Crippen LogP contribution in [0.4, 0.5) is 11.8 Å². The Bertz CT molecular complexity index is 1100. The molecule has 8 heteroatoms. The smallest absolute Gasteiger partial charge is 0.253 e. The van der Waals surface area contributed by atoms with Gasteiger partial charge in [-0.2, -0.15) is 4.98 Å². The Labute approximate surface area is 180 Å². The minimum absolute atomic E-state index is 0.144. The van der Waals surface area contributed by atoms with E-state index in [2.05, 4.69) is 34.0 Å². The molecule has 7 nitrogen and oxygen atoms in total. The summed E-state index contributed by atoms with van der Waals surface area (Å²) in [5.41, 5.74) is 1.21. The molecule has 158 valence electrons. The predicted octanol–water partition coefficient (Wildman–Crippen LogP) is 4.01. The fraction of sp³-hybridized carbons (Fsp3) is 0.409. The van der Waals surface area contributed by atoms with E-state index in [0.717, 1.165) is 23.3 Å². The van der Waals surface area contributed by atoms with Crippen molar-refractivity contribution >= 4 is 34.3 Å². The minimum atomic E-state index is -0.280. The van der Waals surface area contributed by atoms with Crippen molar-refractivity contribution in [1.29, 1.82) is 0 Å². The molecule has 2 N–H and O–H groups in total. The van der Waals surface area contributed by atoms with Crippen molar-refractivity contribution in [2.75, 3.05) is 30.0 Å². The highest BCUT2D eigenvalue weighted by atomic mass is 35.5. The summed E-state index contributed by atoms with van der Waals surface area (Å²) >= 11 is 6.10. The predicted molar refractivity (Wildman–Crippen MR) is 120 cm³/mol. The molecule has 3 aromatic rings. The number of anilines is 2. The summed E-state index contributed by atoms with van der Waals surface area (Å²) in [6.45, 7) is 8.46. The molecule has 2 atom stereocenters. The highest BCUT2D eigenvalue weighted by Gasteiger charge is 2.27. The van der Waals surface area contributed by atoms with Gasteiger partial charge in [-0.3, -0.25) is 4.79 Å². The van der Waals surface area contributed by atoms with Gasteiger partial charge < -0.3 is 19.9 Å². The molecule has 2 aromatic heterocycles. The fourth-order valence-electron chi connectivity index (χ4n) is 3.83. The number of nitrogens with zero attached hydrogens (tertiary/aromatic N) is 3. The topological polar surface area (TPSA) is 83.1 Å². The quantitative estimate of drug-likeness (QED) is 0.640. The first-order chi connectivity index (χ1) is 14.4. The van der Waals surface area contributed by atoms with Crippen molar-refractivity contribution < 1.29 is 4.74 Å². The second-order valence-corrected chi connectivity index (χ2v) is 8.41. The number of pyridine rings is 1. The van der Waals surface area contributed by atoms with E-state index in [4.69, 9.17) is 21.3 Å². The Morgan fingerprint density at radius 3 is 2.90 bits per heavy atom. The normalized spacial score (nSPS) is 18.0. The first kappa shape index (κ1) is 20.6. The standard InChI is InChI=1S/C22H26ClN5O2/c1-13(2)19-12-30-9-8-28(19)20-6-7-24-22(27-20)25-14(3)17-11-15-10-16(23)4-5-18(15)26-21(17)29/h4-7,10-11,13-14,19H,8-9,12H2,1-3H3,(H,26,29)(H,24,25,27)/t14-,19+/m0/s1. The maximum Gasteiger partial charge on any atom is 0.253 e. The lowest BCUT2D eigenvalue weighted by Gasteiger charge is -2.38. The molecule has 0 unspecified atom stereocenters. The van der Waals surface area contributed by atoms with E-state index < -0.39 is 0 Å². The van der Waals surface area contributed by atoms with Crippen molar-refractivity contribution in [3.05, 3.63) is 57.5 Å². The van der Waals surface area contributed by atoms with Crippen LogP contribution in [-0.2, 0) is 4.74 Å². The summed E-state index contributed by atoms with van der Waals surface area (Å²) in [6, 6.07) is 9.17. The van der Waals surface area contributed by atoms with Crippen molar-refractivity contribution in [1.82, 2.24) is 15.0 Å². The van der Waals surface area contributed by atoms with E-state index in [-0.39, 0.29) is 17.6 Å². The van der Waals surface area contributed by atoms with E-state index in [9.17, 15) is 4.79 Å². The molecule has 3 heterocycles. The van der Waals surface area contributed by atoms with E-state index in [1.165, 1.54) is 0 Å². The van der Waals surface area contributed by atoms with E-state index in [0.29, 0.717) is 35.7 Å². The Kier molecular flexibility index (Phi) is 5.92. The summed E-state index contributed by atoms with van der Waals surface area (Å²) < 4.78 is 5.66. The van der Waals surface area contributed by atoms with Crippen LogP contribution in [0.25, 0.3) is 10.9 Å². The maximum absolute atomic E-state index is 12.6. The van der Waals surface area contributed by atoms with Crippen LogP contribution in [-0.4, -0.2) is 40.8 Å². The molecule has 1 aromatic carbocycles. The molecule has 0 aliphatic carbocycles. The maximum atomic E-state index is 12.6. The van der Waals surface area contributed by atoms with Crippen LogP contribution in [0.15, 0.2) is 41.3 Å². The largest absolute Gasteiger partial charge is 0.377 e. The van der Waals surface area contributed by atoms with Crippen molar-refractivity contribution in [3.63, 3.8) is 0 Å². The summed E-state index contributed by atoms with van der Waals surface area (Å²) in [5.74, 6) is 1.79. The molecule has 30 heavy (non-hydrogen) atoms. The molecule has 0 saturated carbocycles. The summed E-state index contributed by atoms with van der Waals surface area (Å²) in [7, 11) is 0. The first-order valence-electron chi connectivity index (χ1n) is 10.2. The SMILES string of the molecule is CC(C)[C@H]1COCCN1c1ccnc(N[C@@H](C)c2cc3cc(Cl)ccc3[nH]c2=O)n1. The number of fused-ring (bicyclic) bond motifs is 1. The van der Waals surface area contributed by atoms with Crippen molar-refractivity contribution in [2.45, 2.75) is 32.9 Å². The zero-order chi connectivity index (χ0) is 21.3. The number of hydrogen-bond donors (Lipinski definition) is 2. The number of benzene rings is 1. The Morgan fingerprint density at radius 1 is 1.27 bits per heavy atom. The molecule has 0 amide bonds. The Morgan fingerprint density at radius 2 is 2.10 bits per heavy atom. The highest BCUT2D eigenvalue weighted by Crippen LogP contribution is 2.24. The van der Waals surface area contributed by atoms with Crippen LogP contribution in [0.5, 0.6) is 0 Å². The Hall–Kier alpha value is -2.64. The number of rotatable bonds is 5. The third-order valence-corrected chi connectivity index (χ3v) is 5.75. The van der Waals surface area contributed by atoms with Gasteiger partial charge in [0.05, 0.1) is 25.3 Å². The van der Waals surface area contributed by atoms with Gasteiger partial charge in [-0.05, 0) is 43.2 Å². The van der Waals surface area contributed by atoms with Gasteiger partial charge in [0.25, 0.3) is 5.56 Å². The number of ether oxygens (including phenoxy) is 1. The number of morpholine rings is 1. The molecular weight excluding hydrogens is 402 g/mol. The van der Waals surface area contributed by atoms with Gasteiger partial charge in [0.2, 0.25) is 5.95 Å². The first-order valence-corrected chi connectivity index (χ1v) is 10.6. The van der Waals surface area contributed by atoms with Gasteiger partial charge in [0.1, 0.15) is 5.82 Å². The van der Waals surface area contributed by atoms with Crippen LogP contribution < -0.4 is 15.8 Å². The lowest BCUT2D eigenvalue weighted by Crippen LogP contribution is -2.48. The molecule has 1 aliphatic rings. The third-order valence-electron chi connectivity index (χ3n) is 5.52. The van der Waals surface area contributed by atoms with E-state index in [1.54, 1.807) is 18.3 Å². The second kappa shape index (κ2) is 8.62. The summed E-state index contributed by atoms with van der Waals surface area (Å²) in [4.78, 5) is 26.9. The van der Waals surface area contributed by atoms with Crippen LogP contribution in [0.3, 0.4) is 0 Å². The molecule has 4 rings (SSSR count). The van der Waals surface area contributed by atoms with Gasteiger partial charge >= 0.3 is 0 Å². The van der Waals surface area contributed by atoms with Gasteiger partial charge in [-0.1, -0.05) is 25.4 Å². The zero-order valence-corrected chi connectivity index (χ0v) is 18.1. The number of aromatic nitrogens is 3. The van der Waals surface area contributed by atoms with Gasteiger partial charge in [0, 0.05) is 34.2 Å². The second-order valence-electron chi connectivity index (χ2n) is 7.97. The van der Waals surface area contributed by atoms with Crippen molar-refractivity contribution in [2.24, 2.45) is 5.92 Å². The summed E-state index contributed by atoms with van der Waals surface area (Å²) in [6.07, 6.45) is 1.74. The molecule has 0 spiro atoms. The number of nitrogens with one attached hydrogen (secondary N) is 2. The molecule has 1 saturated heterocycles. The average molecular weight is 428 g/mol. The lowest BCUT2D eigenvalue weighted by atomic mass is 10.0. The highest BCUT2D eigenvalue weighted by molar-refractivity contribution is 6.31. The Balaban J connectivity index is 1.59. The van der Waals surface area contributed by atoms with Crippen LogP contribution in [0.1, 0.15) is 32.4 Å². The van der Waals surface area contributed by atoms with Gasteiger partial charge in [-0.15, -0.1) is 0 Å². The lowest BCUT2D eigenvalue weighted by molar-refractivity contribution is 0.0802. The molecular formula is C22H26ClN5O2. The van der Waals surface area contributed by atoms with Gasteiger partial charge in [0.15, 0.2) is 0 Å². The van der Waals surface area contributed by atoms with Crippen LogP contribution >= 0.6 is 11.6 Å². The van der Waals surface area contributed by atoms with E-state index >= 15 is 0 Å².